The van der Waals surface area contributed by atoms with Gasteiger partial charge in [0.1, 0.15) is 11.1 Å². The lowest BCUT2D eigenvalue weighted by atomic mass is 9.69. The molecule has 0 aliphatic heterocycles. The van der Waals surface area contributed by atoms with Gasteiger partial charge in [-0.25, -0.2) is 0 Å². The van der Waals surface area contributed by atoms with E-state index in [1.54, 1.807) is 23.5 Å². The highest BCUT2D eigenvalue weighted by molar-refractivity contribution is 9.10. The summed E-state index contributed by atoms with van der Waals surface area (Å²) in [6.45, 7) is 6.91. The minimum atomic E-state index is -0.168. The zero-order chi connectivity index (χ0) is 18.9. The van der Waals surface area contributed by atoms with E-state index in [4.69, 9.17) is 0 Å². The molecule has 0 fully saturated rings. The van der Waals surface area contributed by atoms with Gasteiger partial charge in [0.15, 0.2) is 0 Å². The Morgan fingerprint density at radius 1 is 1.38 bits per heavy atom. The van der Waals surface area contributed by atoms with Gasteiger partial charge in [-0.15, -0.1) is 11.3 Å². The topological polar surface area (TPSA) is 52.9 Å². The lowest BCUT2D eigenvalue weighted by Gasteiger charge is -2.36. The average molecular weight is 431 g/mol. The Balaban J connectivity index is 1.85. The van der Waals surface area contributed by atoms with Crippen molar-refractivity contribution < 1.29 is 4.79 Å². The van der Waals surface area contributed by atoms with Crippen LogP contribution in [0.25, 0.3) is 0 Å². The number of hydrogen-bond acceptors (Lipinski definition) is 3. The van der Waals surface area contributed by atoms with Crippen LogP contribution in [0.4, 0.5) is 5.00 Å². The maximum atomic E-state index is 12.5. The normalized spacial score (nSPS) is 16.7. The summed E-state index contributed by atoms with van der Waals surface area (Å²) in [4.78, 5) is 13.8. The zero-order valence-corrected chi connectivity index (χ0v) is 17.8. The largest absolute Gasteiger partial charge is 0.312 e. The summed E-state index contributed by atoms with van der Waals surface area (Å²) in [7, 11) is 0. The average Bonchev–Trinajstić information content (AvgIpc) is 2.98. The molecule has 0 spiro atoms. The second-order valence-electron chi connectivity index (χ2n) is 7.56. The van der Waals surface area contributed by atoms with Gasteiger partial charge in [0.05, 0.1) is 5.56 Å². The number of thiophene rings is 1. The van der Waals surface area contributed by atoms with E-state index in [2.05, 4.69) is 48.1 Å². The fourth-order valence-corrected chi connectivity index (χ4v) is 5.06. The molecule has 1 heterocycles. The van der Waals surface area contributed by atoms with Crippen molar-refractivity contribution in [2.45, 2.75) is 46.5 Å². The third-order valence-corrected chi connectivity index (χ3v) is 7.43. The number of amides is 1. The number of nitrogens with one attached hydrogen (secondary N) is 1. The molecule has 0 saturated carbocycles. The highest BCUT2D eigenvalue weighted by atomic mass is 79.9. The van der Waals surface area contributed by atoms with Crippen LogP contribution in [0, 0.1) is 22.7 Å². The van der Waals surface area contributed by atoms with E-state index in [-0.39, 0.29) is 5.91 Å². The van der Waals surface area contributed by atoms with E-state index in [1.807, 2.05) is 12.1 Å². The standard InChI is InChI=1S/C21H23BrN2OS/c1-4-21(2,3)14-7-10-16-17(12-23)20(26-18(16)11-14)24-19(25)13-5-8-15(22)9-6-13/h5-6,8-9,14H,4,7,10-11H2,1-3H3,(H,24,25)/t14-/m0/s1. The van der Waals surface area contributed by atoms with Gasteiger partial charge in [-0.2, -0.15) is 5.26 Å². The van der Waals surface area contributed by atoms with Crippen LogP contribution in [-0.2, 0) is 12.8 Å². The lowest BCUT2D eigenvalue weighted by molar-refractivity contribution is 0.102. The number of nitriles is 1. The van der Waals surface area contributed by atoms with Crippen molar-refractivity contribution in [3.63, 3.8) is 0 Å². The smallest absolute Gasteiger partial charge is 0.256 e. The molecule has 3 rings (SSSR count). The van der Waals surface area contributed by atoms with Gasteiger partial charge < -0.3 is 5.32 Å². The van der Waals surface area contributed by atoms with Crippen LogP contribution in [0.1, 0.15) is 60.0 Å². The number of carbonyl (C=O) groups is 1. The summed E-state index contributed by atoms with van der Waals surface area (Å²) in [5.41, 5.74) is 2.69. The third-order valence-electron chi connectivity index (χ3n) is 5.73. The van der Waals surface area contributed by atoms with Gasteiger partial charge in [0, 0.05) is 14.9 Å². The van der Waals surface area contributed by atoms with Gasteiger partial charge in [-0.1, -0.05) is 43.1 Å². The SMILES string of the molecule is CCC(C)(C)[C@H]1CCc2c(sc(NC(=O)c3ccc(Br)cc3)c2C#N)C1. The molecule has 1 N–H and O–H groups in total. The van der Waals surface area contributed by atoms with E-state index >= 15 is 0 Å². The van der Waals surface area contributed by atoms with Gasteiger partial charge in [-0.05, 0) is 60.4 Å². The summed E-state index contributed by atoms with van der Waals surface area (Å²) in [6, 6.07) is 9.57. The van der Waals surface area contributed by atoms with Crippen LogP contribution in [-0.4, -0.2) is 5.91 Å². The maximum Gasteiger partial charge on any atom is 0.256 e. The Bertz CT molecular complexity index is 861. The highest BCUT2D eigenvalue weighted by Gasteiger charge is 2.34. The van der Waals surface area contributed by atoms with E-state index in [1.165, 1.54) is 4.88 Å². The molecule has 1 aromatic heterocycles. The number of fused-ring (bicyclic) bond motifs is 1. The second kappa shape index (κ2) is 7.54. The van der Waals surface area contributed by atoms with E-state index in [0.717, 1.165) is 35.7 Å². The molecule has 1 atom stereocenters. The number of hydrogen-bond donors (Lipinski definition) is 1. The Morgan fingerprint density at radius 3 is 2.69 bits per heavy atom. The molecule has 1 aliphatic carbocycles. The van der Waals surface area contributed by atoms with Crippen LogP contribution < -0.4 is 5.32 Å². The first-order chi connectivity index (χ1) is 12.4. The lowest BCUT2D eigenvalue weighted by Crippen LogP contribution is -2.28. The first-order valence-electron chi connectivity index (χ1n) is 8.97. The number of nitrogens with zero attached hydrogens (tertiary/aromatic N) is 1. The molecule has 0 bridgehead atoms. The third kappa shape index (κ3) is 3.72. The van der Waals surface area contributed by atoms with Crippen LogP contribution in [0.5, 0.6) is 0 Å². The Morgan fingerprint density at radius 2 is 2.08 bits per heavy atom. The summed E-state index contributed by atoms with van der Waals surface area (Å²) in [5, 5.41) is 13.3. The van der Waals surface area contributed by atoms with Gasteiger partial charge in [-0.3, -0.25) is 4.79 Å². The van der Waals surface area contributed by atoms with Gasteiger partial charge >= 0.3 is 0 Å². The van der Waals surface area contributed by atoms with Crippen molar-refractivity contribution in [2.24, 2.45) is 11.3 Å². The minimum Gasteiger partial charge on any atom is -0.312 e. The maximum absolute atomic E-state index is 12.5. The fourth-order valence-electron chi connectivity index (χ4n) is 3.52. The molecule has 1 aromatic carbocycles. The molecule has 2 aromatic rings. The predicted octanol–water partition coefficient (Wildman–Crippen LogP) is 6.18. The fraction of sp³-hybridized carbons (Fsp3) is 0.429. The predicted molar refractivity (Wildman–Crippen MR) is 111 cm³/mol. The van der Waals surface area contributed by atoms with Crippen molar-refractivity contribution >= 4 is 38.2 Å². The summed E-state index contributed by atoms with van der Waals surface area (Å²) < 4.78 is 0.933. The quantitative estimate of drug-likeness (QED) is 0.629. The minimum absolute atomic E-state index is 0.168. The van der Waals surface area contributed by atoms with Gasteiger partial charge in [0.25, 0.3) is 5.91 Å². The molecule has 1 aliphatic rings. The van der Waals surface area contributed by atoms with Crippen molar-refractivity contribution in [3.05, 3.63) is 50.3 Å². The van der Waals surface area contributed by atoms with Crippen molar-refractivity contribution in [2.75, 3.05) is 5.32 Å². The number of carbonyl (C=O) groups excluding carboxylic acids is 1. The Hall–Kier alpha value is -1.64. The highest BCUT2D eigenvalue weighted by Crippen LogP contribution is 2.45. The summed E-state index contributed by atoms with van der Waals surface area (Å²) in [5.74, 6) is 0.457. The monoisotopic (exact) mass is 430 g/mol. The van der Waals surface area contributed by atoms with E-state index in [9.17, 15) is 10.1 Å². The van der Waals surface area contributed by atoms with Crippen molar-refractivity contribution in [3.8, 4) is 6.07 Å². The number of benzene rings is 1. The first-order valence-corrected chi connectivity index (χ1v) is 10.6. The Labute approximate surface area is 167 Å². The molecule has 0 saturated heterocycles. The molecule has 0 radical (unpaired) electrons. The molecule has 136 valence electrons. The number of rotatable bonds is 4. The van der Waals surface area contributed by atoms with Crippen molar-refractivity contribution in [1.82, 2.24) is 0 Å². The molecule has 1 amide bonds. The molecule has 26 heavy (non-hydrogen) atoms. The number of halogens is 1. The molecule has 5 heteroatoms. The first kappa shape index (κ1) is 19.1. The molecular formula is C21H23BrN2OS. The zero-order valence-electron chi connectivity index (χ0n) is 15.4. The molecule has 3 nitrogen and oxygen atoms in total. The van der Waals surface area contributed by atoms with Crippen LogP contribution >= 0.6 is 27.3 Å². The second-order valence-corrected chi connectivity index (χ2v) is 9.58. The van der Waals surface area contributed by atoms with Crippen molar-refractivity contribution in [1.29, 1.82) is 5.26 Å². The van der Waals surface area contributed by atoms with Crippen LogP contribution in [0.15, 0.2) is 28.7 Å². The van der Waals surface area contributed by atoms with E-state index in [0.29, 0.717) is 27.5 Å². The molecule has 0 unspecified atom stereocenters. The molecular weight excluding hydrogens is 408 g/mol. The van der Waals surface area contributed by atoms with Crippen LogP contribution in [0.2, 0.25) is 0 Å². The Kier molecular flexibility index (Phi) is 5.55. The van der Waals surface area contributed by atoms with Crippen LogP contribution in [0.3, 0.4) is 0 Å². The van der Waals surface area contributed by atoms with E-state index < -0.39 is 0 Å². The summed E-state index contributed by atoms with van der Waals surface area (Å²) >= 11 is 4.96. The number of anilines is 1. The van der Waals surface area contributed by atoms with Gasteiger partial charge in [0.2, 0.25) is 0 Å². The summed E-state index contributed by atoms with van der Waals surface area (Å²) in [6.07, 6.45) is 4.19.